The van der Waals surface area contributed by atoms with E-state index in [1.54, 1.807) is 18.5 Å². The normalized spacial score (nSPS) is 11.6. The number of nitrogens with zero attached hydrogens (tertiary/aromatic N) is 2. The van der Waals surface area contributed by atoms with Crippen molar-refractivity contribution in [2.45, 2.75) is 245 Å². The molecule has 0 saturated carbocycles. The lowest BCUT2D eigenvalue weighted by molar-refractivity contribution is 0.521. The van der Waals surface area contributed by atoms with Gasteiger partial charge in [0.25, 0.3) is 0 Å². The Hall–Kier alpha value is -2.16. The SMILES string of the molecule is CCCCCCCCCCCCCCCCCCCCN(CCCCCCCCCCCCCCCCCCCC)c1ccc(C=Cc2ccncc2)c(F)c1. The van der Waals surface area contributed by atoms with Crippen LogP contribution < -0.4 is 4.90 Å². The summed E-state index contributed by atoms with van der Waals surface area (Å²) in [4.78, 5) is 6.56. The van der Waals surface area contributed by atoms with E-state index in [1.807, 2.05) is 30.4 Å². The maximum atomic E-state index is 15.3. The van der Waals surface area contributed by atoms with Crippen molar-refractivity contribution in [3.8, 4) is 0 Å². The Morgan fingerprint density at radius 3 is 1.05 bits per heavy atom. The molecule has 320 valence electrons. The molecular weight excluding hydrogens is 684 g/mol. The molecule has 0 bridgehead atoms. The van der Waals surface area contributed by atoms with E-state index in [4.69, 9.17) is 0 Å². The quantitative estimate of drug-likeness (QED) is 0.0626. The Morgan fingerprint density at radius 2 is 0.732 bits per heavy atom. The van der Waals surface area contributed by atoms with Gasteiger partial charge in [-0.05, 0) is 48.7 Å². The molecule has 3 heteroatoms. The third kappa shape index (κ3) is 29.1. The summed E-state index contributed by atoms with van der Waals surface area (Å²) in [6.45, 7) is 6.66. The molecule has 0 amide bonds. The van der Waals surface area contributed by atoms with Gasteiger partial charge in [0.05, 0.1) is 0 Å². The molecule has 0 fully saturated rings. The Balaban J connectivity index is 1.59. The van der Waals surface area contributed by atoms with E-state index in [2.05, 4.69) is 29.8 Å². The van der Waals surface area contributed by atoms with Crippen LogP contribution in [0.5, 0.6) is 0 Å². The van der Waals surface area contributed by atoms with E-state index >= 15 is 4.39 Å². The summed E-state index contributed by atoms with van der Waals surface area (Å²) in [7, 11) is 0. The number of hydrogen-bond donors (Lipinski definition) is 0. The molecule has 0 aliphatic carbocycles. The van der Waals surface area contributed by atoms with Gasteiger partial charge in [-0.2, -0.15) is 0 Å². The van der Waals surface area contributed by atoms with Crippen molar-refractivity contribution < 1.29 is 4.39 Å². The molecule has 1 heterocycles. The number of aromatic nitrogens is 1. The van der Waals surface area contributed by atoms with E-state index in [0.29, 0.717) is 5.56 Å². The summed E-state index contributed by atoms with van der Waals surface area (Å²) in [5, 5.41) is 0. The van der Waals surface area contributed by atoms with Gasteiger partial charge < -0.3 is 4.90 Å². The van der Waals surface area contributed by atoms with Crippen molar-refractivity contribution in [3.63, 3.8) is 0 Å². The second-order valence-corrected chi connectivity index (χ2v) is 17.3. The number of halogens is 1. The van der Waals surface area contributed by atoms with Crippen LogP contribution in [-0.4, -0.2) is 18.1 Å². The van der Waals surface area contributed by atoms with Crippen LogP contribution in [0.4, 0.5) is 10.1 Å². The van der Waals surface area contributed by atoms with Crippen LogP contribution in [0.3, 0.4) is 0 Å². The largest absolute Gasteiger partial charge is 0.371 e. The van der Waals surface area contributed by atoms with Gasteiger partial charge in [-0.3, -0.25) is 4.98 Å². The zero-order valence-electron chi connectivity index (χ0n) is 37.3. The maximum Gasteiger partial charge on any atom is 0.132 e. The molecular formula is C53H91FN2. The molecule has 0 N–H and O–H groups in total. The molecule has 2 nitrogen and oxygen atoms in total. The summed E-state index contributed by atoms with van der Waals surface area (Å²) >= 11 is 0. The van der Waals surface area contributed by atoms with Crippen LogP contribution in [0.1, 0.15) is 256 Å². The van der Waals surface area contributed by atoms with Gasteiger partial charge in [0.15, 0.2) is 0 Å². The topological polar surface area (TPSA) is 16.1 Å². The van der Waals surface area contributed by atoms with E-state index in [1.165, 1.54) is 231 Å². The predicted molar refractivity (Wildman–Crippen MR) is 249 cm³/mol. The summed E-state index contributed by atoms with van der Waals surface area (Å²) < 4.78 is 15.3. The first-order chi connectivity index (χ1) is 27.7. The van der Waals surface area contributed by atoms with E-state index in [9.17, 15) is 0 Å². The smallest absolute Gasteiger partial charge is 0.132 e. The summed E-state index contributed by atoms with van der Waals surface area (Å²) in [5.41, 5.74) is 2.72. The second-order valence-electron chi connectivity index (χ2n) is 17.3. The Kier molecular flexibility index (Phi) is 34.2. The molecule has 0 radical (unpaired) electrons. The summed E-state index contributed by atoms with van der Waals surface area (Å²) in [6.07, 6.45) is 57.8. The number of hydrogen-bond acceptors (Lipinski definition) is 2. The van der Waals surface area contributed by atoms with Gasteiger partial charge >= 0.3 is 0 Å². The van der Waals surface area contributed by atoms with Gasteiger partial charge in [0, 0.05) is 36.7 Å². The fourth-order valence-electron chi connectivity index (χ4n) is 8.29. The Bertz CT molecular complexity index is 1090. The average Bonchev–Trinajstić information content (AvgIpc) is 3.22. The molecule has 1 aromatic heterocycles. The molecule has 2 rings (SSSR count). The lowest BCUT2D eigenvalue weighted by Crippen LogP contribution is -2.26. The molecule has 0 aliphatic heterocycles. The van der Waals surface area contributed by atoms with Crippen molar-refractivity contribution in [1.82, 2.24) is 4.98 Å². The molecule has 1 aromatic carbocycles. The third-order valence-electron chi connectivity index (χ3n) is 12.1. The number of anilines is 1. The standard InChI is InChI=1S/C53H91FN2/c1-3-5-7-9-11-13-15-17-19-21-23-25-27-29-31-33-35-37-47-56(52-42-41-51(53(54)49-52)40-39-50-43-45-55-46-44-50)48-38-36-34-32-30-28-26-24-22-20-18-16-14-12-10-8-6-4-2/h39-46,49H,3-38,47-48H2,1-2H3. The van der Waals surface area contributed by atoms with Crippen molar-refractivity contribution in [2.75, 3.05) is 18.0 Å². The van der Waals surface area contributed by atoms with Crippen LogP contribution in [0.2, 0.25) is 0 Å². The van der Waals surface area contributed by atoms with Crippen molar-refractivity contribution in [3.05, 3.63) is 59.7 Å². The van der Waals surface area contributed by atoms with Crippen LogP contribution in [-0.2, 0) is 0 Å². The van der Waals surface area contributed by atoms with Crippen LogP contribution in [0.25, 0.3) is 12.2 Å². The monoisotopic (exact) mass is 775 g/mol. The zero-order chi connectivity index (χ0) is 39.8. The highest BCUT2D eigenvalue weighted by Gasteiger charge is 2.10. The van der Waals surface area contributed by atoms with Crippen LogP contribution in [0, 0.1) is 5.82 Å². The van der Waals surface area contributed by atoms with E-state index in [-0.39, 0.29) is 5.82 Å². The highest BCUT2D eigenvalue weighted by Crippen LogP contribution is 2.23. The number of rotatable bonds is 41. The maximum absolute atomic E-state index is 15.3. The number of pyridine rings is 1. The fourth-order valence-corrected chi connectivity index (χ4v) is 8.29. The molecule has 0 unspecified atom stereocenters. The van der Waals surface area contributed by atoms with Crippen molar-refractivity contribution in [1.29, 1.82) is 0 Å². The van der Waals surface area contributed by atoms with Gasteiger partial charge in [-0.25, -0.2) is 4.39 Å². The first kappa shape index (κ1) is 50.0. The molecule has 2 aromatic rings. The molecule has 0 spiro atoms. The van der Waals surface area contributed by atoms with Crippen molar-refractivity contribution >= 4 is 17.8 Å². The lowest BCUT2D eigenvalue weighted by Gasteiger charge is -2.25. The first-order valence-electron chi connectivity index (χ1n) is 24.9. The van der Waals surface area contributed by atoms with Crippen LogP contribution >= 0.6 is 0 Å². The Morgan fingerprint density at radius 1 is 0.411 bits per heavy atom. The lowest BCUT2D eigenvalue weighted by atomic mass is 10.0. The Labute approximate surface area is 348 Å². The average molecular weight is 775 g/mol. The number of benzene rings is 1. The van der Waals surface area contributed by atoms with Crippen LogP contribution in [0.15, 0.2) is 42.7 Å². The van der Waals surface area contributed by atoms with Gasteiger partial charge in [-0.15, -0.1) is 0 Å². The zero-order valence-corrected chi connectivity index (χ0v) is 37.3. The van der Waals surface area contributed by atoms with Gasteiger partial charge in [0.2, 0.25) is 0 Å². The summed E-state index contributed by atoms with van der Waals surface area (Å²) in [6, 6.07) is 9.77. The third-order valence-corrected chi connectivity index (χ3v) is 12.1. The second kappa shape index (κ2) is 38.4. The fraction of sp³-hybridized carbons (Fsp3) is 0.755. The van der Waals surface area contributed by atoms with E-state index < -0.39 is 0 Å². The molecule has 0 atom stereocenters. The van der Waals surface area contributed by atoms with Gasteiger partial charge in [-0.1, -0.05) is 244 Å². The van der Waals surface area contributed by atoms with Gasteiger partial charge in [0.1, 0.15) is 5.82 Å². The minimum atomic E-state index is -0.131. The predicted octanol–water partition coefficient (Wildman–Crippen LogP) is 18.3. The first-order valence-corrected chi connectivity index (χ1v) is 24.9. The van der Waals surface area contributed by atoms with E-state index in [0.717, 1.165) is 24.3 Å². The summed E-state index contributed by atoms with van der Waals surface area (Å²) in [5.74, 6) is -0.131. The highest BCUT2D eigenvalue weighted by atomic mass is 19.1. The minimum absolute atomic E-state index is 0.131. The molecule has 0 saturated heterocycles. The molecule has 0 aliphatic rings. The highest BCUT2D eigenvalue weighted by molar-refractivity contribution is 5.70. The molecule has 56 heavy (non-hydrogen) atoms. The minimum Gasteiger partial charge on any atom is -0.371 e. The van der Waals surface area contributed by atoms with Crippen molar-refractivity contribution in [2.24, 2.45) is 0 Å². The number of unbranched alkanes of at least 4 members (excludes halogenated alkanes) is 34.